The number of fused-ring (bicyclic) bond motifs is 1. The van der Waals surface area contributed by atoms with Crippen LogP contribution in [0.4, 0.5) is 5.69 Å². The molecule has 4 aromatic rings. The van der Waals surface area contributed by atoms with E-state index in [0.29, 0.717) is 13.2 Å². The highest BCUT2D eigenvalue weighted by atomic mass is 32.1. The van der Waals surface area contributed by atoms with Crippen LogP contribution in [0.2, 0.25) is 0 Å². The van der Waals surface area contributed by atoms with E-state index in [9.17, 15) is 4.79 Å². The summed E-state index contributed by atoms with van der Waals surface area (Å²) < 4.78 is 11.5. The van der Waals surface area contributed by atoms with Crippen LogP contribution in [0, 0.1) is 0 Å². The highest BCUT2D eigenvalue weighted by Gasteiger charge is 2.26. The monoisotopic (exact) mass is 456 g/mol. The van der Waals surface area contributed by atoms with Crippen molar-refractivity contribution in [3.63, 3.8) is 0 Å². The summed E-state index contributed by atoms with van der Waals surface area (Å²) in [6.07, 6.45) is 1.71. The number of benzene rings is 3. The zero-order valence-corrected chi connectivity index (χ0v) is 19.0. The van der Waals surface area contributed by atoms with Crippen LogP contribution in [0.25, 0.3) is 21.8 Å². The molecule has 0 saturated carbocycles. The molecule has 2 heterocycles. The minimum atomic E-state index is -0.0214. The summed E-state index contributed by atoms with van der Waals surface area (Å²) in [5.41, 5.74) is 3.78. The van der Waals surface area contributed by atoms with Crippen molar-refractivity contribution in [3.05, 3.63) is 84.2 Å². The number of anilines is 1. The van der Waals surface area contributed by atoms with Gasteiger partial charge in [-0.25, -0.2) is 4.98 Å². The maximum atomic E-state index is 12.6. The first-order valence-electron chi connectivity index (χ1n) is 11.0. The highest BCUT2D eigenvalue weighted by Crippen LogP contribution is 2.37. The Bertz CT molecular complexity index is 1220. The van der Waals surface area contributed by atoms with Crippen molar-refractivity contribution in [2.45, 2.75) is 12.8 Å². The molecule has 1 aromatic heterocycles. The van der Waals surface area contributed by atoms with E-state index in [1.165, 1.54) is 0 Å². The second kappa shape index (κ2) is 9.88. The molecular weight excluding hydrogens is 432 g/mol. The van der Waals surface area contributed by atoms with Gasteiger partial charge in [0.25, 0.3) is 5.91 Å². The summed E-state index contributed by atoms with van der Waals surface area (Å²) >= 11 is 1.62. The van der Waals surface area contributed by atoms with Gasteiger partial charge in [0.15, 0.2) is 6.61 Å². The van der Waals surface area contributed by atoms with Gasteiger partial charge in [-0.1, -0.05) is 48.5 Å². The first-order chi connectivity index (χ1) is 16.3. The molecule has 0 saturated heterocycles. The van der Waals surface area contributed by atoms with Crippen molar-refractivity contribution in [1.82, 2.24) is 4.98 Å². The number of thiazole rings is 1. The van der Waals surface area contributed by atoms with Crippen molar-refractivity contribution in [2.75, 3.05) is 24.7 Å². The SMILES string of the molecule is O=C1COc2ccc(-c3csc(-c4ccccc4)n3)cc2N1CCCCOc1ccccc1. The quantitative estimate of drug-likeness (QED) is 0.302. The molecule has 0 aliphatic carbocycles. The first kappa shape index (κ1) is 21.2. The van der Waals surface area contributed by atoms with Crippen LogP contribution in [0.15, 0.2) is 84.2 Å². The van der Waals surface area contributed by atoms with Crippen molar-refractivity contribution < 1.29 is 14.3 Å². The fraction of sp³-hybridized carbons (Fsp3) is 0.185. The molecule has 3 aromatic carbocycles. The lowest BCUT2D eigenvalue weighted by molar-refractivity contribution is -0.121. The highest BCUT2D eigenvalue weighted by molar-refractivity contribution is 7.13. The number of para-hydroxylation sites is 1. The lowest BCUT2D eigenvalue weighted by atomic mass is 10.1. The number of rotatable bonds is 8. The van der Waals surface area contributed by atoms with Crippen LogP contribution in [-0.2, 0) is 4.79 Å². The fourth-order valence-electron chi connectivity index (χ4n) is 3.80. The van der Waals surface area contributed by atoms with Crippen LogP contribution in [0.3, 0.4) is 0 Å². The van der Waals surface area contributed by atoms with E-state index in [4.69, 9.17) is 14.5 Å². The first-order valence-corrected chi connectivity index (χ1v) is 11.9. The largest absolute Gasteiger partial charge is 0.494 e. The van der Waals surface area contributed by atoms with Gasteiger partial charge < -0.3 is 14.4 Å². The van der Waals surface area contributed by atoms with Crippen molar-refractivity contribution in [2.24, 2.45) is 0 Å². The second-order valence-electron chi connectivity index (χ2n) is 7.79. The molecule has 5 rings (SSSR count). The predicted octanol–water partition coefficient (Wildman–Crippen LogP) is 6.06. The van der Waals surface area contributed by atoms with Crippen LogP contribution < -0.4 is 14.4 Å². The molecule has 1 aliphatic heterocycles. The third-order valence-electron chi connectivity index (χ3n) is 5.51. The van der Waals surface area contributed by atoms with Gasteiger partial charge in [0.05, 0.1) is 18.0 Å². The van der Waals surface area contributed by atoms with Gasteiger partial charge in [-0.2, -0.15) is 0 Å². The third kappa shape index (κ3) is 4.91. The van der Waals surface area contributed by atoms with Crippen LogP contribution in [0.1, 0.15) is 12.8 Å². The molecule has 1 aliphatic rings. The third-order valence-corrected chi connectivity index (χ3v) is 6.40. The van der Waals surface area contributed by atoms with Gasteiger partial charge in [-0.15, -0.1) is 11.3 Å². The molecular formula is C27H24N2O3S. The molecule has 166 valence electrons. The average molecular weight is 457 g/mol. The number of aromatic nitrogens is 1. The molecule has 0 unspecified atom stereocenters. The normalized spacial score (nSPS) is 12.8. The molecule has 6 heteroatoms. The van der Waals surface area contributed by atoms with Crippen molar-refractivity contribution in [1.29, 1.82) is 0 Å². The summed E-state index contributed by atoms with van der Waals surface area (Å²) in [6.45, 7) is 1.32. The number of ether oxygens (including phenoxy) is 2. The molecule has 0 fully saturated rings. The molecule has 0 N–H and O–H groups in total. The minimum absolute atomic E-state index is 0.0214. The van der Waals surface area contributed by atoms with E-state index >= 15 is 0 Å². The smallest absolute Gasteiger partial charge is 0.265 e. The summed E-state index contributed by atoms with van der Waals surface area (Å²) in [5, 5.41) is 3.03. The Labute approximate surface area is 197 Å². The molecule has 0 bridgehead atoms. The van der Waals surface area contributed by atoms with Crippen LogP contribution >= 0.6 is 11.3 Å². The average Bonchev–Trinajstić information content (AvgIpc) is 3.36. The van der Waals surface area contributed by atoms with Crippen LogP contribution in [-0.4, -0.2) is 30.6 Å². The number of carbonyl (C=O) groups is 1. The standard InChI is InChI=1S/C27H24N2O3S/c30-26-18-32-25-14-13-21(23-19-33-27(28-23)20-9-3-1-4-10-20)17-24(25)29(26)15-7-8-16-31-22-11-5-2-6-12-22/h1-6,9-14,17,19H,7-8,15-16,18H2. The number of carbonyl (C=O) groups excluding carboxylic acids is 1. The Morgan fingerprint density at radius 3 is 2.55 bits per heavy atom. The molecule has 0 atom stereocenters. The molecule has 0 radical (unpaired) electrons. The summed E-state index contributed by atoms with van der Waals surface area (Å²) in [4.78, 5) is 19.3. The Morgan fingerprint density at radius 2 is 1.73 bits per heavy atom. The van der Waals surface area contributed by atoms with E-state index in [1.807, 2.05) is 71.6 Å². The lowest BCUT2D eigenvalue weighted by Gasteiger charge is -2.29. The zero-order valence-electron chi connectivity index (χ0n) is 18.1. The van der Waals surface area contributed by atoms with E-state index in [2.05, 4.69) is 17.5 Å². The van der Waals surface area contributed by atoms with Gasteiger partial charge in [0, 0.05) is 23.1 Å². The Kier molecular flexibility index (Phi) is 6.35. The van der Waals surface area contributed by atoms with Crippen molar-refractivity contribution in [3.8, 4) is 33.3 Å². The predicted molar refractivity (Wildman–Crippen MR) is 132 cm³/mol. The fourth-order valence-corrected chi connectivity index (χ4v) is 4.64. The number of nitrogens with zero attached hydrogens (tertiary/aromatic N) is 2. The van der Waals surface area contributed by atoms with Gasteiger partial charge in [-0.3, -0.25) is 4.79 Å². The number of amides is 1. The molecule has 33 heavy (non-hydrogen) atoms. The number of hydrogen-bond acceptors (Lipinski definition) is 5. The summed E-state index contributed by atoms with van der Waals surface area (Å²) in [5.74, 6) is 1.58. The maximum Gasteiger partial charge on any atom is 0.265 e. The minimum Gasteiger partial charge on any atom is -0.494 e. The second-order valence-corrected chi connectivity index (χ2v) is 8.65. The Balaban J connectivity index is 1.28. The number of unbranched alkanes of at least 4 members (excludes halogenated alkanes) is 1. The van der Waals surface area contributed by atoms with E-state index in [1.54, 1.807) is 11.3 Å². The van der Waals surface area contributed by atoms with Crippen molar-refractivity contribution >= 4 is 22.9 Å². The van der Waals surface area contributed by atoms with Gasteiger partial charge >= 0.3 is 0 Å². The van der Waals surface area contributed by atoms with E-state index in [0.717, 1.165) is 51.9 Å². The van der Waals surface area contributed by atoms with E-state index in [-0.39, 0.29) is 12.5 Å². The van der Waals surface area contributed by atoms with Crippen LogP contribution in [0.5, 0.6) is 11.5 Å². The Morgan fingerprint density at radius 1 is 0.939 bits per heavy atom. The maximum absolute atomic E-state index is 12.6. The molecule has 5 nitrogen and oxygen atoms in total. The summed E-state index contributed by atoms with van der Waals surface area (Å²) in [7, 11) is 0. The Hall–Kier alpha value is -3.64. The van der Waals surface area contributed by atoms with E-state index < -0.39 is 0 Å². The zero-order chi connectivity index (χ0) is 22.5. The van der Waals surface area contributed by atoms with Gasteiger partial charge in [0.2, 0.25) is 0 Å². The lowest BCUT2D eigenvalue weighted by Crippen LogP contribution is -2.39. The topological polar surface area (TPSA) is 51.7 Å². The summed E-state index contributed by atoms with van der Waals surface area (Å²) in [6, 6.07) is 25.9. The molecule has 0 spiro atoms. The van der Waals surface area contributed by atoms with Gasteiger partial charge in [-0.05, 0) is 43.2 Å². The molecule has 1 amide bonds. The van der Waals surface area contributed by atoms with Gasteiger partial charge in [0.1, 0.15) is 16.5 Å². The number of hydrogen-bond donors (Lipinski definition) is 0.